The van der Waals surface area contributed by atoms with Crippen molar-refractivity contribution in [2.45, 2.75) is 51.2 Å². The van der Waals surface area contributed by atoms with E-state index in [1.54, 1.807) is 0 Å². The molecule has 1 aliphatic heterocycles. The zero-order valence-corrected chi connectivity index (χ0v) is 11.3. The van der Waals surface area contributed by atoms with Gasteiger partial charge in [0.15, 0.2) is 0 Å². The number of hydrogen-bond acceptors (Lipinski definition) is 2. The molecule has 1 aromatic rings. The molecule has 0 aliphatic carbocycles. The maximum atomic E-state index is 13.0. The first-order valence-electron chi connectivity index (χ1n) is 6.86. The average molecular weight is 250 g/mol. The van der Waals surface area contributed by atoms with E-state index >= 15 is 0 Å². The summed E-state index contributed by atoms with van der Waals surface area (Å²) in [5.41, 5.74) is 7.29. The van der Waals surface area contributed by atoms with Crippen molar-refractivity contribution in [2.24, 2.45) is 5.73 Å². The van der Waals surface area contributed by atoms with E-state index in [0.717, 1.165) is 12.1 Å². The van der Waals surface area contributed by atoms with Crippen molar-refractivity contribution >= 4 is 0 Å². The summed E-state index contributed by atoms with van der Waals surface area (Å²) in [5.74, 6) is -0.186. The Labute approximate surface area is 109 Å². The van der Waals surface area contributed by atoms with Crippen molar-refractivity contribution in [3.05, 3.63) is 35.6 Å². The van der Waals surface area contributed by atoms with Gasteiger partial charge in [0, 0.05) is 18.1 Å². The number of rotatable bonds is 3. The quantitative estimate of drug-likeness (QED) is 0.893. The maximum Gasteiger partial charge on any atom is 0.123 e. The molecule has 1 aromatic carbocycles. The van der Waals surface area contributed by atoms with Crippen molar-refractivity contribution in [3.8, 4) is 0 Å². The Kier molecular flexibility index (Phi) is 4.36. The molecule has 0 aromatic heterocycles. The minimum absolute atomic E-state index is 0.0519. The molecule has 1 heterocycles. The van der Waals surface area contributed by atoms with E-state index in [0.29, 0.717) is 6.04 Å². The van der Waals surface area contributed by atoms with E-state index in [9.17, 15) is 4.39 Å². The fourth-order valence-corrected chi connectivity index (χ4v) is 2.99. The third-order valence-corrected chi connectivity index (χ3v) is 3.92. The molecule has 0 bridgehead atoms. The molecule has 0 amide bonds. The number of hydrogen-bond donors (Lipinski definition) is 1. The van der Waals surface area contributed by atoms with Crippen molar-refractivity contribution in [2.75, 3.05) is 6.54 Å². The summed E-state index contributed by atoms with van der Waals surface area (Å²) >= 11 is 0. The molecule has 1 fully saturated rings. The van der Waals surface area contributed by atoms with E-state index < -0.39 is 0 Å². The average Bonchev–Trinajstić information content (AvgIpc) is 2.34. The van der Waals surface area contributed by atoms with Gasteiger partial charge in [0.2, 0.25) is 0 Å². The monoisotopic (exact) mass is 250 g/mol. The minimum atomic E-state index is -0.186. The van der Waals surface area contributed by atoms with Crippen LogP contribution in [0, 0.1) is 5.82 Å². The smallest absolute Gasteiger partial charge is 0.123 e. The lowest BCUT2D eigenvalue weighted by Gasteiger charge is -2.41. The second-order valence-corrected chi connectivity index (χ2v) is 5.44. The fourth-order valence-electron chi connectivity index (χ4n) is 2.99. The number of nitrogens with zero attached hydrogens (tertiary/aromatic N) is 1. The van der Waals surface area contributed by atoms with Gasteiger partial charge in [-0.3, -0.25) is 4.90 Å². The zero-order chi connectivity index (χ0) is 13.1. The molecule has 0 radical (unpaired) electrons. The van der Waals surface area contributed by atoms with Gasteiger partial charge in [0.25, 0.3) is 0 Å². The van der Waals surface area contributed by atoms with Gasteiger partial charge in [0.05, 0.1) is 0 Å². The van der Waals surface area contributed by atoms with Gasteiger partial charge in [0.1, 0.15) is 5.82 Å². The molecule has 3 unspecified atom stereocenters. The van der Waals surface area contributed by atoms with Crippen LogP contribution in [0.3, 0.4) is 0 Å². The Morgan fingerprint density at radius 2 is 1.94 bits per heavy atom. The zero-order valence-electron chi connectivity index (χ0n) is 11.3. The van der Waals surface area contributed by atoms with Crippen LogP contribution >= 0.6 is 0 Å². The Morgan fingerprint density at radius 3 is 2.50 bits per heavy atom. The van der Waals surface area contributed by atoms with Crippen LogP contribution in [0.25, 0.3) is 0 Å². The van der Waals surface area contributed by atoms with E-state index in [-0.39, 0.29) is 17.9 Å². The van der Waals surface area contributed by atoms with Crippen LogP contribution in [0.15, 0.2) is 24.3 Å². The Morgan fingerprint density at radius 1 is 1.28 bits per heavy atom. The normalized spacial score (nSPS) is 24.8. The van der Waals surface area contributed by atoms with E-state index in [2.05, 4.69) is 11.8 Å². The fraction of sp³-hybridized carbons (Fsp3) is 0.600. The molecule has 1 aliphatic rings. The highest BCUT2D eigenvalue weighted by atomic mass is 19.1. The summed E-state index contributed by atoms with van der Waals surface area (Å²) in [5, 5.41) is 0. The number of likely N-dealkylation sites (tertiary alicyclic amines) is 1. The Bertz CT molecular complexity index is 375. The van der Waals surface area contributed by atoms with Crippen LogP contribution in [0.1, 0.15) is 44.7 Å². The highest BCUT2D eigenvalue weighted by molar-refractivity contribution is 5.22. The molecular formula is C15H23FN2. The SMILES string of the molecule is CC(N)C(c1ccc(F)cc1)N1CCCCC1C. The van der Waals surface area contributed by atoms with Crippen LogP contribution in [0.4, 0.5) is 4.39 Å². The summed E-state index contributed by atoms with van der Waals surface area (Å²) < 4.78 is 13.0. The van der Waals surface area contributed by atoms with E-state index in [1.165, 1.54) is 31.4 Å². The minimum Gasteiger partial charge on any atom is -0.326 e. The lowest BCUT2D eigenvalue weighted by atomic mass is 9.93. The van der Waals surface area contributed by atoms with Crippen molar-refractivity contribution < 1.29 is 4.39 Å². The molecule has 0 spiro atoms. The molecule has 2 nitrogen and oxygen atoms in total. The van der Waals surface area contributed by atoms with Crippen LogP contribution < -0.4 is 5.73 Å². The molecule has 2 N–H and O–H groups in total. The largest absolute Gasteiger partial charge is 0.326 e. The first kappa shape index (κ1) is 13.5. The van der Waals surface area contributed by atoms with E-state index in [4.69, 9.17) is 5.73 Å². The van der Waals surface area contributed by atoms with Gasteiger partial charge in [-0.2, -0.15) is 0 Å². The van der Waals surface area contributed by atoms with Crippen LogP contribution in [-0.4, -0.2) is 23.5 Å². The third-order valence-electron chi connectivity index (χ3n) is 3.92. The van der Waals surface area contributed by atoms with Gasteiger partial charge >= 0.3 is 0 Å². The molecule has 2 rings (SSSR count). The lowest BCUT2D eigenvalue weighted by Crippen LogP contribution is -2.46. The molecule has 0 saturated carbocycles. The topological polar surface area (TPSA) is 29.3 Å². The predicted molar refractivity (Wildman–Crippen MR) is 72.8 cm³/mol. The summed E-state index contributed by atoms with van der Waals surface area (Å²) in [6.45, 7) is 5.39. The van der Waals surface area contributed by atoms with Crippen LogP contribution in [0.5, 0.6) is 0 Å². The van der Waals surface area contributed by atoms with Gasteiger partial charge in [-0.15, -0.1) is 0 Å². The third kappa shape index (κ3) is 2.90. The first-order valence-corrected chi connectivity index (χ1v) is 6.86. The molecule has 3 atom stereocenters. The van der Waals surface area contributed by atoms with Crippen LogP contribution in [-0.2, 0) is 0 Å². The van der Waals surface area contributed by atoms with Gasteiger partial charge in [-0.25, -0.2) is 4.39 Å². The van der Waals surface area contributed by atoms with Crippen molar-refractivity contribution in [3.63, 3.8) is 0 Å². The second-order valence-electron chi connectivity index (χ2n) is 5.44. The highest BCUT2D eigenvalue weighted by Gasteiger charge is 2.29. The van der Waals surface area contributed by atoms with Gasteiger partial charge in [-0.05, 0) is 50.9 Å². The molecule has 18 heavy (non-hydrogen) atoms. The Balaban J connectivity index is 2.24. The van der Waals surface area contributed by atoms with Gasteiger partial charge in [-0.1, -0.05) is 18.6 Å². The molecule has 3 heteroatoms. The number of piperidine rings is 1. The number of benzene rings is 1. The number of nitrogens with two attached hydrogens (primary N) is 1. The first-order chi connectivity index (χ1) is 8.59. The van der Waals surface area contributed by atoms with Crippen LogP contribution in [0.2, 0.25) is 0 Å². The summed E-state index contributed by atoms with van der Waals surface area (Å²) in [7, 11) is 0. The highest BCUT2D eigenvalue weighted by Crippen LogP contribution is 2.30. The number of halogens is 1. The maximum absolute atomic E-state index is 13.0. The Hall–Kier alpha value is -0.930. The van der Waals surface area contributed by atoms with Crippen molar-refractivity contribution in [1.82, 2.24) is 4.90 Å². The van der Waals surface area contributed by atoms with Gasteiger partial charge < -0.3 is 5.73 Å². The predicted octanol–water partition coefficient (Wildman–Crippen LogP) is 3.09. The summed E-state index contributed by atoms with van der Waals surface area (Å²) in [6.07, 6.45) is 3.76. The van der Waals surface area contributed by atoms with E-state index in [1.807, 2.05) is 19.1 Å². The summed E-state index contributed by atoms with van der Waals surface area (Å²) in [4.78, 5) is 2.47. The summed E-state index contributed by atoms with van der Waals surface area (Å²) in [6, 6.07) is 7.59. The van der Waals surface area contributed by atoms with Crippen molar-refractivity contribution in [1.29, 1.82) is 0 Å². The lowest BCUT2D eigenvalue weighted by molar-refractivity contribution is 0.0923. The standard InChI is InChI=1S/C15H23FN2/c1-11-5-3-4-10-18(11)15(12(2)17)13-6-8-14(16)9-7-13/h6-9,11-12,15H,3-5,10,17H2,1-2H3. The molecular weight excluding hydrogens is 227 g/mol. The molecule has 100 valence electrons. The molecule has 1 saturated heterocycles. The second kappa shape index (κ2) is 5.81.